The van der Waals surface area contributed by atoms with Gasteiger partial charge in [-0.2, -0.15) is 13.2 Å². The number of aliphatic imine (C=N–C) groups is 1. The molecule has 8 nitrogen and oxygen atoms in total. The van der Waals surface area contributed by atoms with Crippen LogP contribution in [-0.2, 0) is 6.18 Å². The number of hydrogen-bond acceptors (Lipinski definition) is 7. The first kappa shape index (κ1) is 26.0. The molecule has 4 rings (SSSR count). The number of rotatable bonds is 7. The van der Waals surface area contributed by atoms with E-state index in [1.807, 2.05) is 0 Å². The number of hydrogen-bond donors (Lipinski definition) is 3. The smallest absolute Gasteiger partial charge is 0.402 e. The molecule has 1 aliphatic rings. The molecule has 0 unspecified atom stereocenters. The lowest BCUT2D eigenvalue weighted by Crippen LogP contribution is -2.37. The summed E-state index contributed by atoms with van der Waals surface area (Å²) in [4.78, 5) is 28.8. The molecule has 0 radical (unpaired) electrons. The van der Waals surface area contributed by atoms with E-state index in [1.54, 1.807) is 43.3 Å². The van der Waals surface area contributed by atoms with Crippen molar-refractivity contribution in [1.29, 1.82) is 0 Å². The van der Waals surface area contributed by atoms with Crippen LogP contribution in [0.2, 0.25) is 0 Å². The Kier molecular flexibility index (Phi) is 7.67. The summed E-state index contributed by atoms with van der Waals surface area (Å²) in [5.41, 5.74) is 11.0. The first-order valence-electron chi connectivity index (χ1n) is 11.3. The molecule has 0 bridgehead atoms. The number of allylic oxidation sites excluding steroid dienone is 1. The second-order valence-electron chi connectivity index (χ2n) is 8.26. The van der Waals surface area contributed by atoms with Crippen LogP contribution in [-0.4, -0.2) is 34.8 Å². The van der Waals surface area contributed by atoms with Crippen LogP contribution >= 0.6 is 11.8 Å². The molecular weight excluding hydrogens is 503 g/mol. The molecule has 1 aromatic heterocycles. The number of amidine groups is 1. The van der Waals surface area contributed by atoms with Crippen LogP contribution in [0, 0.1) is 0 Å². The number of nitrogens with two attached hydrogens (primary N) is 2. The lowest BCUT2D eigenvalue weighted by molar-refractivity contribution is -0.137. The van der Waals surface area contributed by atoms with E-state index in [0.29, 0.717) is 22.4 Å². The Hall–Kier alpha value is -4.06. The minimum Gasteiger partial charge on any atom is -0.402 e. The standard InChI is InChI=1S/C25H24F3N7OS.3H2/c1-15(29)13-20(30)32-21-14-22(35-11-4-12-35)34-24(33-21)37-17-9-7-16(8-10-17)31-23(36)18-5-2-3-6-19(18)25(26,27)28;;;/h2-3,5-10,13-14H,4,11-12,29H2,1H3,(H,31,36)(H2,30,32,33,34);3*1H. The third-order valence-corrected chi connectivity index (χ3v) is 6.15. The molecule has 1 amide bonds. The van der Waals surface area contributed by atoms with E-state index in [4.69, 9.17) is 11.5 Å². The highest BCUT2D eigenvalue weighted by molar-refractivity contribution is 7.99. The zero-order chi connectivity index (χ0) is 26.6. The third kappa shape index (κ3) is 6.79. The molecule has 0 saturated carbocycles. The predicted molar refractivity (Wildman–Crippen MR) is 144 cm³/mol. The van der Waals surface area contributed by atoms with E-state index < -0.39 is 23.2 Å². The molecule has 12 heteroatoms. The van der Waals surface area contributed by atoms with E-state index in [2.05, 4.69) is 25.2 Å². The van der Waals surface area contributed by atoms with Gasteiger partial charge >= 0.3 is 6.18 Å². The van der Waals surface area contributed by atoms with Crippen molar-refractivity contribution < 1.29 is 22.2 Å². The van der Waals surface area contributed by atoms with E-state index in [9.17, 15) is 18.0 Å². The summed E-state index contributed by atoms with van der Waals surface area (Å²) in [7, 11) is 0. The molecule has 37 heavy (non-hydrogen) atoms. The van der Waals surface area contributed by atoms with Crippen molar-refractivity contribution >= 4 is 40.8 Å². The van der Waals surface area contributed by atoms with Gasteiger partial charge in [-0.25, -0.2) is 15.0 Å². The normalized spacial score (nSPS) is 14.3. The first-order chi connectivity index (χ1) is 17.6. The number of carbonyl (C=O) groups is 1. The van der Waals surface area contributed by atoms with Gasteiger partial charge < -0.3 is 21.7 Å². The maximum absolute atomic E-state index is 13.2. The Balaban J connectivity index is 0.00000267. The average molecular weight is 534 g/mol. The van der Waals surface area contributed by atoms with Crippen LogP contribution in [0.15, 0.2) is 81.4 Å². The molecule has 0 aliphatic carbocycles. The third-order valence-electron chi connectivity index (χ3n) is 5.28. The minimum absolute atomic E-state index is 0. The molecule has 1 saturated heterocycles. The maximum atomic E-state index is 13.2. The van der Waals surface area contributed by atoms with Crippen LogP contribution in [0.25, 0.3) is 0 Å². The number of anilines is 2. The second-order valence-corrected chi connectivity index (χ2v) is 9.30. The summed E-state index contributed by atoms with van der Waals surface area (Å²) >= 11 is 1.28. The lowest BCUT2D eigenvalue weighted by Gasteiger charge is -2.32. The molecule has 0 spiro atoms. The van der Waals surface area contributed by atoms with Gasteiger partial charge in [0, 0.05) is 39.7 Å². The van der Waals surface area contributed by atoms with Gasteiger partial charge in [0.15, 0.2) is 11.0 Å². The average Bonchev–Trinajstić information content (AvgIpc) is 2.78. The Bertz CT molecular complexity index is 1360. The molecule has 5 N–H and O–H groups in total. The monoisotopic (exact) mass is 533 g/mol. The van der Waals surface area contributed by atoms with Gasteiger partial charge in [0.05, 0.1) is 11.1 Å². The van der Waals surface area contributed by atoms with Gasteiger partial charge in [-0.05, 0) is 67.6 Å². The summed E-state index contributed by atoms with van der Waals surface area (Å²) in [6.07, 6.45) is -2.02. The highest BCUT2D eigenvalue weighted by Crippen LogP contribution is 2.33. The quantitative estimate of drug-likeness (QED) is 0.202. The zero-order valence-electron chi connectivity index (χ0n) is 19.8. The van der Waals surface area contributed by atoms with E-state index in [-0.39, 0.29) is 10.1 Å². The van der Waals surface area contributed by atoms with Crippen molar-refractivity contribution in [2.75, 3.05) is 23.3 Å². The van der Waals surface area contributed by atoms with E-state index in [0.717, 1.165) is 42.4 Å². The highest BCUT2D eigenvalue weighted by atomic mass is 32.2. The number of alkyl halides is 3. The molecule has 3 aromatic rings. The summed E-state index contributed by atoms with van der Waals surface area (Å²) in [6.45, 7) is 3.47. The van der Waals surface area contributed by atoms with Crippen LogP contribution < -0.4 is 21.7 Å². The number of benzene rings is 2. The number of amides is 1. The van der Waals surface area contributed by atoms with Gasteiger partial charge in [0.25, 0.3) is 5.91 Å². The molecule has 1 aliphatic heterocycles. The van der Waals surface area contributed by atoms with Gasteiger partial charge in [-0.15, -0.1) is 0 Å². The molecule has 2 aromatic carbocycles. The first-order valence-corrected chi connectivity index (χ1v) is 12.1. The topological polar surface area (TPSA) is 123 Å². The van der Waals surface area contributed by atoms with Crippen molar-refractivity contribution in [3.05, 3.63) is 77.5 Å². The van der Waals surface area contributed by atoms with Gasteiger partial charge in [-0.1, -0.05) is 12.1 Å². The summed E-state index contributed by atoms with van der Waals surface area (Å²) in [6, 6.07) is 13.0. The predicted octanol–water partition coefficient (Wildman–Crippen LogP) is 5.70. The Morgan fingerprint density at radius 1 is 1.14 bits per heavy atom. The van der Waals surface area contributed by atoms with Crippen molar-refractivity contribution in [3.8, 4) is 0 Å². The molecule has 2 heterocycles. The number of aromatic nitrogens is 2. The van der Waals surface area contributed by atoms with Crippen molar-refractivity contribution in [2.24, 2.45) is 16.5 Å². The fourth-order valence-corrected chi connectivity index (χ4v) is 4.21. The van der Waals surface area contributed by atoms with Gasteiger partial charge in [0.1, 0.15) is 11.7 Å². The molecule has 198 valence electrons. The Morgan fingerprint density at radius 2 is 1.84 bits per heavy atom. The molecule has 0 atom stereocenters. The van der Waals surface area contributed by atoms with Gasteiger partial charge in [0.2, 0.25) is 0 Å². The van der Waals surface area contributed by atoms with E-state index >= 15 is 0 Å². The van der Waals surface area contributed by atoms with Crippen molar-refractivity contribution in [1.82, 2.24) is 9.97 Å². The Labute approximate surface area is 220 Å². The largest absolute Gasteiger partial charge is 0.417 e. The van der Waals surface area contributed by atoms with Crippen molar-refractivity contribution in [2.45, 2.75) is 29.6 Å². The minimum atomic E-state index is -4.63. The van der Waals surface area contributed by atoms with Crippen LogP contribution in [0.3, 0.4) is 0 Å². The summed E-state index contributed by atoms with van der Waals surface area (Å²) in [5.74, 6) is 0.495. The van der Waals surface area contributed by atoms with E-state index in [1.165, 1.54) is 23.9 Å². The number of nitrogens with zero attached hydrogens (tertiary/aromatic N) is 4. The highest BCUT2D eigenvalue weighted by Gasteiger charge is 2.34. The fraction of sp³-hybridized carbons (Fsp3) is 0.200. The van der Waals surface area contributed by atoms with Crippen LogP contribution in [0.4, 0.5) is 30.5 Å². The number of nitrogens with one attached hydrogen (secondary N) is 1. The maximum Gasteiger partial charge on any atom is 0.417 e. The van der Waals surface area contributed by atoms with Gasteiger partial charge in [-0.3, -0.25) is 4.79 Å². The molecular formula is C25H30F3N7OS. The SMILES string of the molecule is CC(N)=CC(N)=Nc1cc(N2CCC2)nc(Sc2ccc(NC(=O)c3ccccc3C(F)(F)F)cc2)n1.[HH].[HH].[HH]. The second kappa shape index (κ2) is 10.9. The van der Waals surface area contributed by atoms with Crippen LogP contribution in [0.1, 0.15) is 33.5 Å². The zero-order valence-corrected chi connectivity index (χ0v) is 20.6. The fourth-order valence-electron chi connectivity index (χ4n) is 3.45. The molecule has 1 fully saturated rings. The number of carbonyl (C=O) groups excluding carboxylic acids is 1. The Morgan fingerprint density at radius 3 is 2.46 bits per heavy atom. The lowest BCUT2D eigenvalue weighted by atomic mass is 10.1. The number of halogens is 3. The summed E-state index contributed by atoms with van der Waals surface area (Å²) < 4.78 is 39.7. The summed E-state index contributed by atoms with van der Waals surface area (Å²) in [5, 5.41) is 2.96. The van der Waals surface area contributed by atoms with Crippen molar-refractivity contribution in [3.63, 3.8) is 0 Å². The van der Waals surface area contributed by atoms with Crippen LogP contribution in [0.5, 0.6) is 0 Å².